The fourth-order valence-corrected chi connectivity index (χ4v) is 2.25. The van der Waals surface area contributed by atoms with E-state index in [0.717, 1.165) is 11.3 Å². The van der Waals surface area contributed by atoms with Gasteiger partial charge in [-0.3, -0.25) is 9.59 Å². The van der Waals surface area contributed by atoms with Crippen molar-refractivity contribution < 1.29 is 14.2 Å². The molecule has 0 heterocycles. The van der Waals surface area contributed by atoms with Crippen molar-refractivity contribution in [3.8, 4) is 5.75 Å². The summed E-state index contributed by atoms with van der Waals surface area (Å²) in [6.07, 6.45) is 1.06. The van der Waals surface area contributed by atoms with Gasteiger partial charge in [-0.25, -0.2) is 0 Å². The minimum atomic E-state index is 0.0316. The molecule has 0 unspecified atom stereocenters. The van der Waals surface area contributed by atoms with Crippen molar-refractivity contribution >= 4 is 19.0 Å². The van der Waals surface area contributed by atoms with Gasteiger partial charge in [-0.05, 0) is 23.6 Å². The van der Waals surface area contributed by atoms with Gasteiger partial charge in [-0.2, -0.15) is 0 Å². The van der Waals surface area contributed by atoms with E-state index in [0.29, 0.717) is 20.3 Å². The molecule has 0 N–H and O–H groups in total. The Balaban J connectivity index is 2.18. The van der Waals surface area contributed by atoms with Crippen LogP contribution >= 0.6 is 0 Å². The van der Waals surface area contributed by atoms with Crippen molar-refractivity contribution in [2.75, 3.05) is 0 Å². The average molecular weight is 230 g/mol. The summed E-state index contributed by atoms with van der Waals surface area (Å²) in [5.41, 5.74) is 1.03. The van der Waals surface area contributed by atoms with E-state index >= 15 is 0 Å². The number of carbonyl (C=O) groups excluding carboxylic acids is 2. The first-order valence-corrected chi connectivity index (χ1v) is 5.95. The molecule has 4 heteroatoms. The van der Waals surface area contributed by atoms with Crippen LogP contribution in [0.5, 0.6) is 5.75 Å². The molecular weight excluding hydrogens is 215 g/mol. The average Bonchev–Trinajstić information content (AvgIpc) is 2.28. The molecular formula is C13H15BO3. The van der Waals surface area contributed by atoms with Gasteiger partial charge in [-0.15, -0.1) is 0 Å². The minimum Gasteiger partial charge on any atom is -0.565 e. The lowest BCUT2D eigenvalue weighted by Crippen LogP contribution is -2.21. The summed E-state index contributed by atoms with van der Waals surface area (Å²) in [5.74, 6) is 0.931. The molecule has 1 aliphatic carbocycles. The zero-order valence-electron chi connectivity index (χ0n) is 9.94. The van der Waals surface area contributed by atoms with Gasteiger partial charge in [0.25, 0.3) is 0 Å². The maximum Gasteiger partial charge on any atom is 0.336 e. The van der Waals surface area contributed by atoms with Crippen LogP contribution in [0.15, 0.2) is 24.3 Å². The van der Waals surface area contributed by atoms with Crippen molar-refractivity contribution in [2.24, 2.45) is 0 Å². The molecule has 0 aliphatic heterocycles. The smallest absolute Gasteiger partial charge is 0.336 e. The monoisotopic (exact) mass is 230 g/mol. The summed E-state index contributed by atoms with van der Waals surface area (Å²) in [4.78, 5) is 22.8. The molecule has 1 aliphatic rings. The molecule has 1 saturated carbocycles. The molecule has 0 saturated heterocycles. The van der Waals surface area contributed by atoms with Gasteiger partial charge < -0.3 is 4.65 Å². The number of Topliss-reactive ketones (excluding diaryl/α,β-unsaturated/α-hetero) is 2. The third kappa shape index (κ3) is 2.96. The maximum atomic E-state index is 11.4. The van der Waals surface area contributed by atoms with Crippen LogP contribution in [0.4, 0.5) is 0 Å². The summed E-state index contributed by atoms with van der Waals surface area (Å²) >= 11 is 0. The Morgan fingerprint density at radius 1 is 1.24 bits per heavy atom. The summed E-state index contributed by atoms with van der Waals surface area (Å²) in [5, 5.41) is 0. The van der Waals surface area contributed by atoms with E-state index in [2.05, 4.69) is 0 Å². The first-order chi connectivity index (χ1) is 8.19. The van der Waals surface area contributed by atoms with Crippen LogP contribution in [0, 0.1) is 0 Å². The second-order valence-corrected chi connectivity index (χ2v) is 4.36. The number of hydrogen-bond donors (Lipinski definition) is 0. The van der Waals surface area contributed by atoms with Crippen molar-refractivity contribution in [2.45, 2.75) is 32.0 Å². The van der Waals surface area contributed by atoms with Crippen molar-refractivity contribution in [3.05, 3.63) is 29.8 Å². The zero-order chi connectivity index (χ0) is 12.3. The lowest BCUT2D eigenvalue weighted by atomic mass is 9.82. The van der Waals surface area contributed by atoms with Crippen LogP contribution in [0.25, 0.3) is 0 Å². The van der Waals surface area contributed by atoms with Crippen molar-refractivity contribution in [3.63, 3.8) is 0 Å². The van der Waals surface area contributed by atoms with Gasteiger partial charge in [0.2, 0.25) is 0 Å². The van der Waals surface area contributed by atoms with Gasteiger partial charge in [0.15, 0.2) is 0 Å². The van der Waals surface area contributed by atoms with Crippen molar-refractivity contribution in [1.82, 2.24) is 0 Å². The Kier molecular flexibility index (Phi) is 3.62. The topological polar surface area (TPSA) is 43.4 Å². The van der Waals surface area contributed by atoms with E-state index in [-0.39, 0.29) is 23.9 Å². The highest BCUT2D eigenvalue weighted by molar-refractivity contribution is 6.26. The number of rotatable bonds is 3. The molecule has 0 atom stereocenters. The molecule has 0 aromatic heterocycles. The van der Waals surface area contributed by atoms with E-state index in [1.807, 2.05) is 31.1 Å². The van der Waals surface area contributed by atoms with E-state index in [1.165, 1.54) is 0 Å². The van der Waals surface area contributed by atoms with Crippen LogP contribution in [0.2, 0.25) is 6.82 Å². The number of ketones is 2. The molecule has 1 aromatic carbocycles. The second-order valence-electron chi connectivity index (χ2n) is 4.36. The molecule has 2 rings (SSSR count). The molecule has 1 aromatic rings. The second kappa shape index (κ2) is 5.17. The van der Waals surface area contributed by atoms with Crippen LogP contribution in [0.3, 0.4) is 0 Å². The highest BCUT2D eigenvalue weighted by Crippen LogP contribution is 2.30. The minimum absolute atomic E-state index is 0.0316. The quantitative estimate of drug-likeness (QED) is 0.588. The van der Waals surface area contributed by atoms with E-state index in [9.17, 15) is 9.59 Å². The van der Waals surface area contributed by atoms with Gasteiger partial charge in [0.05, 0.1) is 12.2 Å². The SMILES string of the molecule is CBOc1cccc(C2CC(=O)CC(=O)C2)c1. The third-order valence-corrected chi connectivity index (χ3v) is 2.98. The molecule has 88 valence electrons. The molecule has 0 spiro atoms. The molecule has 3 nitrogen and oxygen atoms in total. The lowest BCUT2D eigenvalue weighted by Gasteiger charge is -2.20. The Morgan fingerprint density at radius 2 is 1.94 bits per heavy atom. The normalized spacial score (nSPS) is 17.0. The summed E-state index contributed by atoms with van der Waals surface area (Å²) in [6, 6.07) is 7.68. The van der Waals surface area contributed by atoms with Gasteiger partial charge in [0, 0.05) is 12.8 Å². The fraction of sp³-hybridized carbons (Fsp3) is 0.385. The first-order valence-electron chi connectivity index (χ1n) is 5.95. The predicted molar refractivity (Wildman–Crippen MR) is 66.7 cm³/mol. The number of carbonyl (C=O) groups is 2. The van der Waals surface area contributed by atoms with E-state index < -0.39 is 0 Å². The first kappa shape index (κ1) is 11.9. The highest BCUT2D eigenvalue weighted by atomic mass is 16.4. The summed E-state index contributed by atoms with van der Waals surface area (Å²) in [7, 11) is 0.617. The van der Waals surface area contributed by atoms with Crippen molar-refractivity contribution in [1.29, 1.82) is 0 Å². The molecule has 1 fully saturated rings. The summed E-state index contributed by atoms with van der Waals surface area (Å²) < 4.78 is 5.42. The van der Waals surface area contributed by atoms with Crippen LogP contribution in [0.1, 0.15) is 30.7 Å². The maximum absolute atomic E-state index is 11.4. The molecule has 17 heavy (non-hydrogen) atoms. The molecule has 0 radical (unpaired) electrons. The Labute approximate surface area is 101 Å². The lowest BCUT2D eigenvalue weighted by molar-refractivity contribution is -0.130. The van der Waals surface area contributed by atoms with Crippen LogP contribution < -0.4 is 4.65 Å². The standard InChI is InChI=1S/C13H15BO3/c1-14-17-13-4-2-3-9(7-13)10-5-11(15)8-12(16)6-10/h2-4,7,10,14H,5-6,8H2,1H3. The van der Waals surface area contributed by atoms with E-state index in [4.69, 9.17) is 4.65 Å². The molecule has 0 bridgehead atoms. The number of benzene rings is 1. The van der Waals surface area contributed by atoms with Crippen LogP contribution in [-0.2, 0) is 9.59 Å². The van der Waals surface area contributed by atoms with Gasteiger partial charge >= 0.3 is 7.48 Å². The van der Waals surface area contributed by atoms with Gasteiger partial charge in [0.1, 0.15) is 11.6 Å². The summed E-state index contributed by atoms with van der Waals surface area (Å²) in [6.45, 7) is 1.93. The fourth-order valence-electron chi connectivity index (χ4n) is 2.25. The largest absolute Gasteiger partial charge is 0.565 e. The Bertz CT molecular complexity index is 426. The Hall–Kier alpha value is -1.58. The third-order valence-electron chi connectivity index (χ3n) is 2.98. The molecule has 0 amide bonds. The van der Waals surface area contributed by atoms with E-state index in [1.54, 1.807) is 0 Å². The highest BCUT2D eigenvalue weighted by Gasteiger charge is 2.26. The number of hydrogen-bond acceptors (Lipinski definition) is 3. The zero-order valence-corrected chi connectivity index (χ0v) is 9.94. The van der Waals surface area contributed by atoms with Gasteiger partial charge in [-0.1, -0.05) is 19.0 Å². The van der Waals surface area contributed by atoms with Crippen LogP contribution in [-0.4, -0.2) is 19.0 Å². The Morgan fingerprint density at radius 3 is 2.59 bits per heavy atom. The predicted octanol–water partition coefficient (Wildman–Crippen LogP) is 1.87.